The van der Waals surface area contributed by atoms with Crippen molar-refractivity contribution in [3.63, 3.8) is 0 Å². The first kappa shape index (κ1) is 26.4. The Labute approximate surface area is 228 Å². The van der Waals surface area contributed by atoms with Gasteiger partial charge >= 0.3 is 0 Å². The zero-order chi connectivity index (χ0) is 27.2. The average Bonchev–Trinajstić information content (AvgIpc) is 3.66. The minimum absolute atomic E-state index is 0.112. The number of hydrogen-bond acceptors (Lipinski definition) is 5. The molecule has 1 atom stereocenters. The number of nitrogens with zero attached hydrogens (tertiary/aromatic N) is 1. The van der Waals surface area contributed by atoms with Crippen molar-refractivity contribution in [2.45, 2.75) is 24.9 Å². The molecule has 0 spiro atoms. The van der Waals surface area contributed by atoms with Gasteiger partial charge in [-0.15, -0.1) is 0 Å². The Hall–Kier alpha value is -3.21. The molecule has 1 unspecified atom stereocenters. The number of anilines is 1. The van der Waals surface area contributed by atoms with Gasteiger partial charge in [-0.3, -0.25) is 9.10 Å². The maximum absolute atomic E-state index is 13.6. The number of carbonyl (C=O) groups excluding carboxylic acids is 1. The van der Waals surface area contributed by atoms with E-state index in [1.54, 1.807) is 24.3 Å². The van der Waals surface area contributed by atoms with E-state index in [-0.39, 0.29) is 24.1 Å². The number of fused-ring (bicyclic) bond motifs is 1. The molecule has 1 heterocycles. The molecular weight excluding hydrogens is 575 g/mol. The standard InChI is InChI=1S/C28H26BrFN2O5S/c1-31-28(34)26-21-13-20(16-7-8-16)23(14-25(21)37-27(26)17-9-11-18(30)12-10-17)32(38(2,35)36)15-24(33)19-5-3-4-6-22(19)29/h3-6,9-14,16,24,33H,7-8,15H2,1-2H3,(H,31,34). The van der Waals surface area contributed by atoms with E-state index >= 15 is 0 Å². The maximum Gasteiger partial charge on any atom is 0.255 e. The number of sulfonamides is 1. The fourth-order valence-corrected chi connectivity index (χ4v) is 6.13. The Morgan fingerprint density at radius 3 is 2.47 bits per heavy atom. The molecule has 5 rings (SSSR count). The summed E-state index contributed by atoms with van der Waals surface area (Å²) in [5, 5.41) is 14.2. The molecule has 1 aliphatic rings. The lowest BCUT2D eigenvalue weighted by atomic mass is 10.00. The molecule has 1 aliphatic carbocycles. The van der Waals surface area contributed by atoms with Crippen LogP contribution in [-0.4, -0.2) is 39.3 Å². The summed E-state index contributed by atoms with van der Waals surface area (Å²) in [4.78, 5) is 13.0. The van der Waals surface area contributed by atoms with Gasteiger partial charge in [-0.05, 0) is 66.3 Å². The van der Waals surface area contributed by atoms with E-state index < -0.39 is 21.9 Å². The van der Waals surface area contributed by atoms with Gasteiger partial charge in [-0.25, -0.2) is 12.8 Å². The van der Waals surface area contributed by atoms with Gasteiger partial charge in [0, 0.05) is 28.5 Å². The van der Waals surface area contributed by atoms with Gasteiger partial charge < -0.3 is 14.8 Å². The molecule has 198 valence electrons. The Kier molecular flexibility index (Phi) is 7.06. The van der Waals surface area contributed by atoms with Crippen molar-refractivity contribution in [3.8, 4) is 11.3 Å². The van der Waals surface area contributed by atoms with E-state index in [0.717, 1.165) is 24.7 Å². The van der Waals surface area contributed by atoms with Crippen molar-refractivity contribution in [2.75, 3.05) is 24.2 Å². The first-order chi connectivity index (χ1) is 18.1. The van der Waals surface area contributed by atoms with Crippen LogP contribution in [-0.2, 0) is 10.0 Å². The monoisotopic (exact) mass is 600 g/mol. The molecule has 1 aromatic heterocycles. The van der Waals surface area contributed by atoms with E-state index in [4.69, 9.17) is 4.42 Å². The second kappa shape index (κ2) is 10.2. The number of rotatable bonds is 8. The normalized spacial score (nSPS) is 14.4. The largest absolute Gasteiger partial charge is 0.455 e. The van der Waals surface area contributed by atoms with Crippen molar-refractivity contribution in [1.29, 1.82) is 0 Å². The lowest BCUT2D eigenvalue weighted by Gasteiger charge is -2.28. The van der Waals surface area contributed by atoms with Crippen molar-refractivity contribution in [2.24, 2.45) is 0 Å². The number of aliphatic hydroxyl groups is 1. The Morgan fingerprint density at radius 2 is 1.87 bits per heavy atom. The molecule has 38 heavy (non-hydrogen) atoms. The predicted molar refractivity (Wildman–Crippen MR) is 148 cm³/mol. The van der Waals surface area contributed by atoms with Gasteiger partial charge in [0.05, 0.1) is 30.2 Å². The average molecular weight is 601 g/mol. The van der Waals surface area contributed by atoms with E-state index in [9.17, 15) is 22.7 Å². The van der Waals surface area contributed by atoms with E-state index in [0.29, 0.717) is 37.8 Å². The van der Waals surface area contributed by atoms with Crippen LogP contribution in [0.4, 0.5) is 10.1 Å². The number of hydrogen-bond donors (Lipinski definition) is 2. The van der Waals surface area contributed by atoms with Gasteiger partial charge in [0.15, 0.2) is 0 Å². The molecule has 0 radical (unpaired) electrons. The smallest absolute Gasteiger partial charge is 0.255 e. The highest BCUT2D eigenvalue weighted by Crippen LogP contribution is 2.48. The van der Waals surface area contributed by atoms with Crippen LogP contribution < -0.4 is 9.62 Å². The minimum Gasteiger partial charge on any atom is -0.455 e. The van der Waals surface area contributed by atoms with Gasteiger partial charge in [0.25, 0.3) is 5.91 Å². The number of furan rings is 1. The van der Waals surface area contributed by atoms with Crippen LogP contribution in [0.25, 0.3) is 22.3 Å². The van der Waals surface area contributed by atoms with Gasteiger partial charge in [0.1, 0.15) is 17.2 Å². The van der Waals surface area contributed by atoms with Crippen molar-refractivity contribution in [1.82, 2.24) is 5.32 Å². The van der Waals surface area contributed by atoms with Crippen LogP contribution in [0.2, 0.25) is 0 Å². The van der Waals surface area contributed by atoms with Gasteiger partial charge in [-0.2, -0.15) is 0 Å². The third-order valence-corrected chi connectivity index (χ3v) is 8.56. The molecule has 0 aliphatic heterocycles. The predicted octanol–water partition coefficient (Wildman–Crippen LogP) is 5.74. The molecule has 3 aromatic carbocycles. The zero-order valence-corrected chi connectivity index (χ0v) is 23.1. The summed E-state index contributed by atoms with van der Waals surface area (Å²) in [6, 6.07) is 16.2. The third kappa shape index (κ3) is 5.08. The Morgan fingerprint density at radius 1 is 1.18 bits per heavy atom. The number of carbonyl (C=O) groups is 1. The molecule has 7 nitrogen and oxygen atoms in total. The summed E-state index contributed by atoms with van der Waals surface area (Å²) in [7, 11) is -2.30. The molecule has 4 aromatic rings. The number of halogens is 2. The highest BCUT2D eigenvalue weighted by Gasteiger charge is 2.34. The zero-order valence-electron chi connectivity index (χ0n) is 20.7. The van der Waals surface area contributed by atoms with Crippen LogP contribution in [0.1, 0.15) is 46.3 Å². The Balaban J connectivity index is 1.69. The fraction of sp³-hybridized carbons (Fsp3) is 0.250. The number of aliphatic hydroxyl groups excluding tert-OH is 1. The van der Waals surface area contributed by atoms with Crippen molar-refractivity contribution >= 4 is 48.5 Å². The van der Waals surface area contributed by atoms with Crippen LogP contribution >= 0.6 is 15.9 Å². The van der Waals surface area contributed by atoms with Crippen LogP contribution in [0.15, 0.2) is 69.6 Å². The highest BCUT2D eigenvalue weighted by atomic mass is 79.9. The third-order valence-electron chi connectivity index (χ3n) is 6.69. The van der Waals surface area contributed by atoms with E-state index in [1.165, 1.54) is 35.6 Å². The molecule has 2 N–H and O–H groups in total. The van der Waals surface area contributed by atoms with Gasteiger partial charge in [-0.1, -0.05) is 34.1 Å². The summed E-state index contributed by atoms with van der Waals surface area (Å²) in [6.07, 6.45) is 1.75. The summed E-state index contributed by atoms with van der Waals surface area (Å²) >= 11 is 3.43. The van der Waals surface area contributed by atoms with Crippen LogP contribution in [0.5, 0.6) is 0 Å². The molecule has 1 amide bonds. The number of nitrogens with one attached hydrogen (secondary N) is 1. The fourth-order valence-electron chi connectivity index (χ4n) is 4.65. The molecule has 1 saturated carbocycles. The van der Waals surface area contributed by atoms with Gasteiger partial charge in [0.2, 0.25) is 10.0 Å². The number of benzene rings is 3. The summed E-state index contributed by atoms with van der Waals surface area (Å²) < 4.78 is 47.7. The molecule has 1 fully saturated rings. The molecule has 0 saturated heterocycles. The second-order valence-electron chi connectivity index (χ2n) is 9.41. The second-order valence-corrected chi connectivity index (χ2v) is 12.2. The highest BCUT2D eigenvalue weighted by molar-refractivity contribution is 9.10. The minimum atomic E-state index is -3.82. The quantitative estimate of drug-likeness (QED) is 0.269. The van der Waals surface area contributed by atoms with E-state index in [1.807, 2.05) is 12.1 Å². The summed E-state index contributed by atoms with van der Waals surface area (Å²) in [5.74, 6) is -0.419. The summed E-state index contributed by atoms with van der Waals surface area (Å²) in [5.41, 5.74) is 2.84. The van der Waals surface area contributed by atoms with Crippen LogP contribution in [0, 0.1) is 5.82 Å². The number of amides is 1. The van der Waals surface area contributed by atoms with E-state index in [2.05, 4.69) is 21.2 Å². The van der Waals surface area contributed by atoms with Crippen LogP contribution in [0.3, 0.4) is 0 Å². The first-order valence-corrected chi connectivity index (χ1v) is 14.7. The topological polar surface area (TPSA) is 99.8 Å². The van der Waals surface area contributed by atoms with Crippen molar-refractivity contribution < 1.29 is 27.1 Å². The van der Waals surface area contributed by atoms with Crippen molar-refractivity contribution in [3.05, 3.63) is 87.6 Å². The molecule has 10 heteroatoms. The Bertz CT molecular complexity index is 1630. The SMILES string of the molecule is CNC(=O)c1c(-c2ccc(F)cc2)oc2cc(N(CC(O)c3ccccc3Br)S(C)(=O)=O)c(C3CC3)cc12. The summed E-state index contributed by atoms with van der Waals surface area (Å²) in [6.45, 7) is -0.208. The maximum atomic E-state index is 13.6. The molecule has 0 bridgehead atoms. The lowest BCUT2D eigenvalue weighted by Crippen LogP contribution is -2.34. The molecular formula is C28H26BrFN2O5S. The lowest BCUT2D eigenvalue weighted by molar-refractivity contribution is 0.0964. The first-order valence-electron chi connectivity index (χ1n) is 12.1.